The Morgan fingerprint density at radius 2 is 2.07 bits per heavy atom. The Kier molecular flexibility index (Phi) is 7.60. The molecule has 0 unspecified atom stereocenters. The molecule has 27 heavy (non-hydrogen) atoms. The second kappa shape index (κ2) is 9.50. The number of methoxy groups -OCH3 is 1. The highest BCUT2D eigenvalue weighted by Crippen LogP contribution is 2.39. The Morgan fingerprint density at radius 1 is 1.44 bits per heavy atom. The molecule has 0 aromatic heterocycles. The van der Waals surface area contributed by atoms with Crippen LogP contribution >= 0.6 is 23.5 Å². The van der Waals surface area contributed by atoms with Crippen molar-refractivity contribution in [3.05, 3.63) is 27.8 Å². The molecule has 0 saturated carbocycles. The highest BCUT2D eigenvalue weighted by Gasteiger charge is 2.42. The number of alkyl halides is 1. The largest absolute Gasteiger partial charge is 0.504 e. The summed E-state index contributed by atoms with van der Waals surface area (Å²) in [4.78, 5) is 25.2. The predicted molar refractivity (Wildman–Crippen MR) is 106 cm³/mol. The molecular weight excluding hydrogens is 395 g/mol. The number of amides is 1. The van der Waals surface area contributed by atoms with Gasteiger partial charge in [-0.3, -0.25) is 14.9 Å². The standard InChI is InChI=1S/C17H23FN2O5S2/c1-4-26-17(27-5-2)13-6-10(18)9-19(13)16(22)11-7-15(25-3)14(21)8-12(11)20(23)24/h7-8,10,13,17,21H,4-6,9H2,1-3H3/t10-,13-/m0/s1. The third-order valence-electron chi connectivity index (χ3n) is 4.25. The molecule has 10 heteroatoms. The number of nitrogens with zero attached hydrogens (tertiary/aromatic N) is 2. The van der Waals surface area contributed by atoms with Gasteiger partial charge in [-0.1, -0.05) is 13.8 Å². The molecule has 1 aromatic rings. The van der Waals surface area contributed by atoms with Gasteiger partial charge in [0.15, 0.2) is 11.5 Å². The molecule has 1 saturated heterocycles. The number of nitro benzene ring substituents is 1. The van der Waals surface area contributed by atoms with Gasteiger partial charge in [0.25, 0.3) is 11.6 Å². The summed E-state index contributed by atoms with van der Waals surface area (Å²) in [6.07, 6.45) is -0.964. The molecule has 1 N–H and O–H groups in total. The third-order valence-corrected chi connectivity index (χ3v) is 7.02. The molecular formula is C17H23FN2O5S2. The molecule has 7 nitrogen and oxygen atoms in total. The number of halogens is 1. The molecule has 1 fully saturated rings. The minimum absolute atomic E-state index is 0.0113. The van der Waals surface area contributed by atoms with E-state index < -0.39 is 28.4 Å². The van der Waals surface area contributed by atoms with E-state index in [1.807, 2.05) is 13.8 Å². The van der Waals surface area contributed by atoms with Gasteiger partial charge in [0.1, 0.15) is 11.7 Å². The number of aromatic hydroxyl groups is 1. The van der Waals surface area contributed by atoms with Crippen LogP contribution < -0.4 is 4.74 Å². The summed E-state index contributed by atoms with van der Waals surface area (Å²) in [6.45, 7) is 3.89. The van der Waals surface area contributed by atoms with Crippen molar-refractivity contribution in [2.45, 2.75) is 37.1 Å². The first kappa shape index (κ1) is 21.6. The van der Waals surface area contributed by atoms with Gasteiger partial charge in [0.05, 0.1) is 35.3 Å². The molecule has 2 rings (SSSR count). The van der Waals surface area contributed by atoms with Crippen LogP contribution in [0, 0.1) is 10.1 Å². The van der Waals surface area contributed by atoms with Crippen molar-refractivity contribution in [3.63, 3.8) is 0 Å². The van der Waals surface area contributed by atoms with E-state index >= 15 is 0 Å². The summed E-state index contributed by atoms with van der Waals surface area (Å²) in [6, 6.07) is 1.68. The minimum atomic E-state index is -1.17. The third kappa shape index (κ3) is 4.78. The number of hydrogen-bond donors (Lipinski definition) is 1. The number of phenolic OH excluding ortho intramolecular Hbond substituents is 1. The Hall–Kier alpha value is -1.68. The average Bonchev–Trinajstić information content (AvgIpc) is 3.02. The number of rotatable bonds is 8. The first-order chi connectivity index (χ1) is 12.8. The lowest BCUT2D eigenvalue weighted by molar-refractivity contribution is -0.385. The molecule has 1 aliphatic heterocycles. The fourth-order valence-corrected chi connectivity index (χ4v) is 5.92. The maximum absolute atomic E-state index is 14.2. The second-order valence-corrected chi connectivity index (χ2v) is 9.07. The number of nitro groups is 1. The SMILES string of the molecule is CCSC(SCC)[C@@H]1C[C@H](F)CN1C(=O)c1cc(OC)c(O)cc1[N+](=O)[O-]. The number of benzene rings is 1. The van der Waals surface area contributed by atoms with E-state index in [0.717, 1.165) is 23.6 Å². The van der Waals surface area contributed by atoms with Crippen molar-refractivity contribution in [1.29, 1.82) is 0 Å². The number of hydrogen-bond acceptors (Lipinski definition) is 7. The number of likely N-dealkylation sites (tertiary alicyclic amines) is 1. The van der Waals surface area contributed by atoms with Gasteiger partial charge in [-0.25, -0.2) is 4.39 Å². The molecule has 0 aliphatic carbocycles. The van der Waals surface area contributed by atoms with E-state index in [1.165, 1.54) is 12.0 Å². The van der Waals surface area contributed by atoms with Crippen LogP contribution in [0.25, 0.3) is 0 Å². The predicted octanol–water partition coefficient (Wildman–Crippen LogP) is 3.69. The molecule has 0 bridgehead atoms. The number of thioether (sulfide) groups is 2. The van der Waals surface area contributed by atoms with Gasteiger partial charge < -0.3 is 14.7 Å². The summed E-state index contributed by atoms with van der Waals surface area (Å²) in [5, 5.41) is 21.2. The number of phenols is 1. The van der Waals surface area contributed by atoms with Crippen molar-refractivity contribution >= 4 is 35.1 Å². The van der Waals surface area contributed by atoms with Gasteiger partial charge in [0.2, 0.25) is 0 Å². The van der Waals surface area contributed by atoms with Crippen molar-refractivity contribution < 1.29 is 24.0 Å². The van der Waals surface area contributed by atoms with Crippen molar-refractivity contribution in [3.8, 4) is 11.5 Å². The summed E-state index contributed by atoms with van der Waals surface area (Å²) in [5.74, 6) is 0.547. The summed E-state index contributed by atoms with van der Waals surface area (Å²) in [7, 11) is 1.29. The summed E-state index contributed by atoms with van der Waals surface area (Å²) >= 11 is 3.28. The highest BCUT2D eigenvalue weighted by molar-refractivity contribution is 8.17. The molecule has 2 atom stereocenters. The van der Waals surface area contributed by atoms with Crippen LogP contribution in [0.1, 0.15) is 30.6 Å². The molecule has 150 valence electrons. The first-order valence-electron chi connectivity index (χ1n) is 8.57. The second-order valence-electron chi connectivity index (χ2n) is 5.94. The lowest BCUT2D eigenvalue weighted by atomic mass is 10.1. The van der Waals surface area contributed by atoms with Crippen LogP contribution in [0.3, 0.4) is 0 Å². The van der Waals surface area contributed by atoms with Gasteiger partial charge in [-0.15, -0.1) is 23.5 Å². The van der Waals surface area contributed by atoms with Crippen LogP contribution in [-0.2, 0) is 0 Å². The molecule has 1 aromatic carbocycles. The first-order valence-corrected chi connectivity index (χ1v) is 10.7. The summed E-state index contributed by atoms with van der Waals surface area (Å²) < 4.78 is 19.2. The van der Waals surface area contributed by atoms with E-state index in [0.29, 0.717) is 0 Å². The van der Waals surface area contributed by atoms with Gasteiger partial charge >= 0.3 is 0 Å². The number of ether oxygens (including phenoxy) is 1. The van der Waals surface area contributed by atoms with Crippen LogP contribution in [0.5, 0.6) is 11.5 Å². The lowest BCUT2D eigenvalue weighted by Gasteiger charge is -2.30. The quantitative estimate of drug-likeness (QED) is 0.391. The Morgan fingerprint density at radius 3 is 2.59 bits per heavy atom. The van der Waals surface area contributed by atoms with Crippen LogP contribution in [-0.4, -0.2) is 62.8 Å². The topological polar surface area (TPSA) is 92.9 Å². The zero-order valence-corrected chi connectivity index (χ0v) is 17.0. The van der Waals surface area contributed by atoms with Crippen LogP contribution in [0.15, 0.2) is 12.1 Å². The zero-order chi connectivity index (χ0) is 20.1. The fourth-order valence-electron chi connectivity index (χ4n) is 3.10. The van der Waals surface area contributed by atoms with E-state index in [1.54, 1.807) is 23.5 Å². The minimum Gasteiger partial charge on any atom is -0.504 e. The van der Waals surface area contributed by atoms with Crippen molar-refractivity contribution in [2.75, 3.05) is 25.2 Å². The maximum Gasteiger partial charge on any atom is 0.286 e. The Labute approximate surface area is 165 Å². The average molecular weight is 419 g/mol. The maximum atomic E-state index is 14.2. The molecule has 1 heterocycles. The van der Waals surface area contributed by atoms with E-state index in [9.17, 15) is 24.4 Å². The highest BCUT2D eigenvalue weighted by atomic mass is 32.2. The van der Waals surface area contributed by atoms with E-state index in [-0.39, 0.29) is 34.9 Å². The van der Waals surface area contributed by atoms with Crippen molar-refractivity contribution in [1.82, 2.24) is 4.90 Å². The fraction of sp³-hybridized carbons (Fsp3) is 0.588. The van der Waals surface area contributed by atoms with Crippen LogP contribution in [0.2, 0.25) is 0 Å². The Bertz CT molecular complexity index is 700. The number of carbonyl (C=O) groups excluding carboxylic acids is 1. The summed E-state index contributed by atoms with van der Waals surface area (Å²) in [5.41, 5.74) is -0.738. The normalized spacial score (nSPS) is 19.5. The smallest absolute Gasteiger partial charge is 0.286 e. The van der Waals surface area contributed by atoms with Gasteiger partial charge in [0, 0.05) is 12.5 Å². The Balaban J connectivity index is 2.43. The molecule has 1 amide bonds. The lowest BCUT2D eigenvalue weighted by Crippen LogP contribution is -2.41. The molecule has 0 spiro atoms. The zero-order valence-electron chi connectivity index (χ0n) is 15.4. The van der Waals surface area contributed by atoms with E-state index in [2.05, 4.69) is 0 Å². The van der Waals surface area contributed by atoms with E-state index in [4.69, 9.17) is 4.74 Å². The molecule has 0 radical (unpaired) electrons. The number of carbonyl (C=O) groups is 1. The van der Waals surface area contributed by atoms with Crippen molar-refractivity contribution in [2.24, 2.45) is 0 Å². The van der Waals surface area contributed by atoms with Gasteiger partial charge in [-0.05, 0) is 11.5 Å². The van der Waals surface area contributed by atoms with Gasteiger partial charge in [-0.2, -0.15) is 0 Å². The monoisotopic (exact) mass is 418 g/mol. The molecule has 1 aliphatic rings. The van der Waals surface area contributed by atoms with Crippen LogP contribution in [0.4, 0.5) is 10.1 Å².